The average molecular weight is 281 g/mol. The highest BCUT2D eigenvalue weighted by Gasteiger charge is 2.39. The third-order valence-corrected chi connectivity index (χ3v) is 5.23. The van der Waals surface area contributed by atoms with E-state index in [2.05, 4.69) is 12.2 Å². The van der Waals surface area contributed by atoms with E-state index in [0.29, 0.717) is 0 Å². The van der Waals surface area contributed by atoms with Crippen LogP contribution in [0.4, 0.5) is 0 Å². The van der Waals surface area contributed by atoms with Crippen molar-refractivity contribution in [1.29, 1.82) is 0 Å². The molecule has 0 atom stereocenters. The number of nitrogens with one attached hydrogen (secondary N) is 1. The number of hydrogen-bond acceptors (Lipinski definition) is 2. The van der Waals surface area contributed by atoms with Crippen molar-refractivity contribution in [1.82, 2.24) is 5.32 Å². The second-order valence-corrected chi connectivity index (χ2v) is 6.67. The Morgan fingerprint density at radius 2 is 1.75 bits per heavy atom. The predicted molar refractivity (Wildman–Crippen MR) is 77.3 cm³/mol. The van der Waals surface area contributed by atoms with Gasteiger partial charge in [-0.25, -0.2) is 0 Å². The number of carbonyl (C=O) groups excluding carboxylic acids is 1. The van der Waals surface area contributed by atoms with Crippen LogP contribution in [-0.2, 0) is 9.59 Å². The van der Waals surface area contributed by atoms with Crippen molar-refractivity contribution in [3.8, 4) is 0 Å². The van der Waals surface area contributed by atoms with Gasteiger partial charge in [0.2, 0.25) is 5.91 Å². The van der Waals surface area contributed by atoms with Gasteiger partial charge in [-0.2, -0.15) is 0 Å². The molecule has 0 unspecified atom stereocenters. The number of amides is 1. The Hall–Kier alpha value is -1.06. The molecule has 4 nitrogen and oxygen atoms in total. The molecule has 1 amide bonds. The Morgan fingerprint density at radius 3 is 2.25 bits per heavy atom. The summed E-state index contributed by atoms with van der Waals surface area (Å²) in [5.74, 6) is 0.173. The number of carboxylic acid groups (broad SMARTS) is 1. The summed E-state index contributed by atoms with van der Waals surface area (Å²) in [6, 6.07) is 0. The highest BCUT2D eigenvalue weighted by atomic mass is 16.4. The van der Waals surface area contributed by atoms with Gasteiger partial charge in [0, 0.05) is 5.92 Å². The van der Waals surface area contributed by atoms with Gasteiger partial charge in [0.15, 0.2) is 0 Å². The molecule has 0 radical (unpaired) electrons. The lowest BCUT2D eigenvalue weighted by Crippen LogP contribution is -2.50. The SMILES string of the molecule is CCC1CCC(C(=O)NC2(CC(=O)O)CCCC2)CC1. The summed E-state index contributed by atoms with van der Waals surface area (Å²) >= 11 is 0. The van der Waals surface area contributed by atoms with Crippen molar-refractivity contribution >= 4 is 11.9 Å². The molecule has 0 aliphatic heterocycles. The summed E-state index contributed by atoms with van der Waals surface area (Å²) in [4.78, 5) is 23.5. The molecule has 114 valence electrons. The third-order valence-electron chi connectivity index (χ3n) is 5.23. The van der Waals surface area contributed by atoms with E-state index in [1.807, 2.05) is 0 Å². The molecule has 20 heavy (non-hydrogen) atoms. The summed E-state index contributed by atoms with van der Waals surface area (Å²) in [7, 11) is 0. The molecule has 2 aliphatic rings. The fourth-order valence-electron chi connectivity index (χ4n) is 3.88. The van der Waals surface area contributed by atoms with Crippen LogP contribution in [0.2, 0.25) is 0 Å². The Bertz CT molecular complexity index is 353. The molecular formula is C16H27NO3. The smallest absolute Gasteiger partial charge is 0.305 e. The summed E-state index contributed by atoms with van der Waals surface area (Å²) in [5, 5.41) is 12.2. The first-order valence-electron chi connectivity index (χ1n) is 8.08. The van der Waals surface area contributed by atoms with Crippen molar-refractivity contribution in [2.75, 3.05) is 0 Å². The highest BCUT2D eigenvalue weighted by Crippen LogP contribution is 2.35. The van der Waals surface area contributed by atoms with Crippen LogP contribution in [0.25, 0.3) is 0 Å². The first kappa shape index (κ1) is 15.3. The molecule has 0 saturated heterocycles. The highest BCUT2D eigenvalue weighted by molar-refractivity contribution is 5.80. The molecular weight excluding hydrogens is 254 g/mol. The second kappa shape index (κ2) is 6.59. The van der Waals surface area contributed by atoms with Gasteiger partial charge in [-0.3, -0.25) is 9.59 Å². The van der Waals surface area contributed by atoms with Crippen LogP contribution in [-0.4, -0.2) is 22.5 Å². The third kappa shape index (κ3) is 3.74. The molecule has 4 heteroatoms. The monoisotopic (exact) mass is 281 g/mol. The largest absolute Gasteiger partial charge is 0.481 e. The predicted octanol–water partition coefficient (Wildman–Crippen LogP) is 3.11. The summed E-state index contributed by atoms with van der Waals surface area (Å²) in [6.07, 6.45) is 9.17. The van der Waals surface area contributed by atoms with Crippen LogP contribution in [0.3, 0.4) is 0 Å². The minimum absolute atomic E-state index is 0.0725. The fourth-order valence-corrected chi connectivity index (χ4v) is 3.88. The minimum Gasteiger partial charge on any atom is -0.481 e. The lowest BCUT2D eigenvalue weighted by atomic mass is 9.80. The Labute approximate surface area is 121 Å². The molecule has 0 aromatic carbocycles. The van der Waals surface area contributed by atoms with Crippen LogP contribution >= 0.6 is 0 Å². The second-order valence-electron chi connectivity index (χ2n) is 6.67. The number of aliphatic carboxylic acids is 1. The standard InChI is InChI=1S/C16H27NO3/c1-2-12-5-7-13(8-6-12)15(20)17-16(11-14(18)19)9-3-4-10-16/h12-13H,2-11H2,1H3,(H,17,20)(H,18,19). The number of carboxylic acids is 1. The lowest BCUT2D eigenvalue weighted by Gasteiger charge is -2.33. The van der Waals surface area contributed by atoms with Gasteiger partial charge in [0.1, 0.15) is 0 Å². The normalized spacial score (nSPS) is 29.1. The average Bonchev–Trinajstić information content (AvgIpc) is 2.86. The zero-order chi connectivity index (χ0) is 14.6. The molecule has 0 aromatic rings. The number of rotatable bonds is 5. The van der Waals surface area contributed by atoms with Crippen molar-refractivity contribution < 1.29 is 14.7 Å². The van der Waals surface area contributed by atoms with Crippen LogP contribution in [0, 0.1) is 11.8 Å². The van der Waals surface area contributed by atoms with Crippen LogP contribution in [0.1, 0.15) is 71.1 Å². The molecule has 0 spiro atoms. The van der Waals surface area contributed by atoms with Gasteiger partial charge < -0.3 is 10.4 Å². The van der Waals surface area contributed by atoms with Gasteiger partial charge in [0.25, 0.3) is 0 Å². The summed E-state index contributed by atoms with van der Waals surface area (Å²) in [5.41, 5.74) is -0.468. The van der Waals surface area contributed by atoms with Crippen molar-refractivity contribution in [3.63, 3.8) is 0 Å². The van der Waals surface area contributed by atoms with Crippen molar-refractivity contribution in [2.24, 2.45) is 11.8 Å². The minimum atomic E-state index is -0.804. The quantitative estimate of drug-likeness (QED) is 0.813. The zero-order valence-corrected chi connectivity index (χ0v) is 12.5. The number of hydrogen-bond donors (Lipinski definition) is 2. The Kier molecular flexibility index (Phi) is 5.06. The van der Waals surface area contributed by atoms with E-state index in [-0.39, 0.29) is 18.2 Å². The van der Waals surface area contributed by atoms with E-state index in [9.17, 15) is 9.59 Å². The zero-order valence-electron chi connectivity index (χ0n) is 12.5. The van der Waals surface area contributed by atoms with E-state index in [0.717, 1.165) is 57.3 Å². The van der Waals surface area contributed by atoms with Gasteiger partial charge >= 0.3 is 5.97 Å². The molecule has 2 fully saturated rings. The molecule has 0 aromatic heterocycles. The molecule has 0 heterocycles. The Balaban J connectivity index is 1.90. The Morgan fingerprint density at radius 1 is 1.15 bits per heavy atom. The molecule has 2 saturated carbocycles. The maximum absolute atomic E-state index is 12.4. The van der Waals surface area contributed by atoms with Crippen LogP contribution in [0.5, 0.6) is 0 Å². The van der Waals surface area contributed by atoms with Gasteiger partial charge in [-0.15, -0.1) is 0 Å². The van der Waals surface area contributed by atoms with E-state index in [4.69, 9.17) is 5.11 Å². The molecule has 0 bridgehead atoms. The van der Waals surface area contributed by atoms with E-state index in [1.54, 1.807) is 0 Å². The van der Waals surface area contributed by atoms with E-state index < -0.39 is 11.5 Å². The molecule has 2 rings (SSSR count). The topological polar surface area (TPSA) is 66.4 Å². The van der Waals surface area contributed by atoms with Crippen molar-refractivity contribution in [3.05, 3.63) is 0 Å². The maximum Gasteiger partial charge on any atom is 0.305 e. The fraction of sp³-hybridized carbons (Fsp3) is 0.875. The first-order chi connectivity index (χ1) is 9.54. The molecule has 2 aliphatic carbocycles. The van der Waals surface area contributed by atoms with Gasteiger partial charge in [0.05, 0.1) is 12.0 Å². The summed E-state index contributed by atoms with van der Waals surface area (Å²) in [6.45, 7) is 2.21. The number of carbonyl (C=O) groups is 2. The maximum atomic E-state index is 12.4. The van der Waals surface area contributed by atoms with Crippen LogP contribution < -0.4 is 5.32 Å². The van der Waals surface area contributed by atoms with Gasteiger partial charge in [-0.1, -0.05) is 26.2 Å². The van der Waals surface area contributed by atoms with Gasteiger partial charge in [-0.05, 0) is 44.4 Å². The van der Waals surface area contributed by atoms with Crippen LogP contribution in [0.15, 0.2) is 0 Å². The first-order valence-corrected chi connectivity index (χ1v) is 8.08. The van der Waals surface area contributed by atoms with E-state index in [1.165, 1.54) is 6.42 Å². The molecule has 2 N–H and O–H groups in total. The lowest BCUT2D eigenvalue weighted by molar-refractivity contribution is -0.139. The van der Waals surface area contributed by atoms with E-state index >= 15 is 0 Å². The van der Waals surface area contributed by atoms with Crippen molar-refractivity contribution in [2.45, 2.75) is 76.7 Å². The summed E-state index contributed by atoms with van der Waals surface area (Å²) < 4.78 is 0.